The molecule has 3 rings (SSSR count). The number of benzene rings is 2. The van der Waals surface area contributed by atoms with Gasteiger partial charge in [-0.2, -0.15) is 0 Å². The number of esters is 2. The average Bonchev–Trinajstić information content (AvgIpc) is 3.14. The van der Waals surface area contributed by atoms with Crippen molar-refractivity contribution in [2.24, 2.45) is 4.99 Å². The first kappa shape index (κ1) is 20.9. The van der Waals surface area contributed by atoms with Crippen LogP contribution in [-0.4, -0.2) is 39.2 Å². The van der Waals surface area contributed by atoms with Gasteiger partial charge in [-0.05, 0) is 42.0 Å². The number of hydrogen-bond donors (Lipinski definition) is 0. The Kier molecular flexibility index (Phi) is 6.36. The molecule has 1 aliphatic heterocycles. The van der Waals surface area contributed by atoms with E-state index < -0.39 is 11.9 Å². The maximum atomic E-state index is 12.3. The zero-order valence-corrected chi connectivity index (χ0v) is 17.1. The standard InChI is InChI=1S/C22H21NO7/c1-5-19(24)29-20-17(27-3)10-13(11-18(20)28-4)9-16-22(25)30-21(23-16)14-7-6-8-15(12-14)26-2/h6-12H,5H2,1-4H3. The number of aliphatic imine (C=N–C) groups is 1. The number of rotatable bonds is 7. The van der Waals surface area contributed by atoms with Crippen LogP contribution in [0.2, 0.25) is 0 Å². The molecular weight excluding hydrogens is 390 g/mol. The van der Waals surface area contributed by atoms with Gasteiger partial charge in [-0.3, -0.25) is 4.79 Å². The lowest BCUT2D eigenvalue weighted by atomic mass is 10.1. The van der Waals surface area contributed by atoms with Gasteiger partial charge >= 0.3 is 11.9 Å². The summed E-state index contributed by atoms with van der Waals surface area (Å²) in [5.41, 5.74) is 1.28. The Morgan fingerprint density at radius 3 is 2.37 bits per heavy atom. The van der Waals surface area contributed by atoms with Gasteiger partial charge < -0.3 is 23.7 Å². The number of carbonyl (C=O) groups is 2. The van der Waals surface area contributed by atoms with E-state index in [0.29, 0.717) is 16.9 Å². The molecule has 30 heavy (non-hydrogen) atoms. The Morgan fingerprint density at radius 1 is 1.07 bits per heavy atom. The van der Waals surface area contributed by atoms with Crippen LogP contribution in [0.1, 0.15) is 24.5 Å². The smallest absolute Gasteiger partial charge is 0.363 e. The number of hydrogen-bond acceptors (Lipinski definition) is 8. The molecule has 0 aromatic heterocycles. The fraction of sp³-hybridized carbons (Fsp3) is 0.227. The van der Waals surface area contributed by atoms with Crippen LogP contribution in [0.5, 0.6) is 23.0 Å². The van der Waals surface area contributed by atoms with Gasteiger partial charge in [-0.1, -0.05) is 13.0 Å². The van der Waals surface area contributed by atoms with E-state index in [-0.39, 0.29) is 35.3 Å². The predicted octanol–water partition coefficient (Wildman–Crippen LogP) is 3.37. The summed E-state index contributed by atoms with van der Waals surface area (Å²) in [6, 6.07) is 10.3. The summed E-state index contributed by atoms with van der Waals surface area (Å²) in [7, 11) is 4.44. The predicted molar refractivity (Wildman–Crippen MR) is 109 cm³/mol. The van der Waals surface area contributed by atoms with E-state index in [9.17, 15) is 9.59 Å². The fourth-order valence-electron chi connectivity index (χ4n) is 2.72. The van der Waals surface area contributed by atoms with Crippen LogP contribution in [-0.2, 0) is 14.3 Å². The summed E-state index contributed by atoms with van der Waals surface area (Å²) < 4.78 is 26.4. The molecule has 2 aromatic rings. The SMILES string of the molecule is CCC(=O)Oc1c(OC)cc(C=C2N=C(c3cccc(OC)c3)OC2=O)cc1OC. The average molecular weight is 411 g/mol. The first-order valence-corrected chi connectivity index (χ1v) is 9.12. The van der Waals surface area contributed by atoms with E-state index in [1.165, 1.54) is 20.3 Å². The van der Waals surface area contributed by atoms with Crippen molar-refractivity contribution in [3.05, 3.63) is 53.2 Å². The van der Waals surface area contributed by atoms with Crippen molar-refractivity contribution in [1.82, 2.24) is 0 Å². The highest BCUT2D eigenvalue weighted by Crippen LogP contribution is 2.39. The van der Waals surface area contributed by atoms with E-state index in [1.54, 1.807) is 50.4 Å². The molecule has 2 aromatic carbocycles. The summed E-state index contributed by atoms with van der Waals surface area (Å²) in [6.45, 7) is 1.68. The molecular formula is C22H21NO7. The number of carbonyl (C=O) groups excluding carboxylic acids is 2. The van der Waals surface area contributed by atoms with Crippen LogP contribution in [0.15, 0.2) is 47.1 Å². The second kappa shape index (κ2) is 9.13. The molecule has 0 fully saturated rings. The van der Waals surface area contributed by atoms with E-state index >= 15 is 0 Å². The Bertz CT molecular complexity index is 1010. The third-order valence-electron chi connectivity index (χ3n) is 4.23. The monoisotopic (exact) mass is 411 g/mol. The molecule has 1 heterocycles. The third-order valence-corrected chi connectivity index (χ3v) is 4.23. The van der Waals surface area contributed by atoms with Crippen molar-refractivity contribution in [3.8, 4) is 23.0 Å². The van der Waals surface area contributed by atoms with Crippen LogP contribution in [0.4, 0.5) is 0 Å². The van der Waals surface area contributed by atoms with Crippen molar-refractivity contribution in [2.45, 2.75) is 13.3 Å². The normalized spacial score (nSPS) is 14.2. The lowest BCUT2D eigenvalue weighted by Crippen LogP contribution is -2.08. The molecule has 0 bridgehead atoms. The summed E-state index contributed by atoms with van der Waals surface area (Å²) >= 11 is 0. The zero-order chi connectivity index (χ0) is 21.7. The molecule has 0 saturated heterocycles. The van der Waals surface area contributed by atoms with Gasteiger partial charge in [-0.25, -0.2) is 9.79 Å². The molecule has 0 unspecified atom stereocenters. The molecule has 0 aliphatic carbocycles. The molecule has 0 amide bonds. The number of ether oxygens (including phenoxy) is 5. The third kappa shape index (κ3) is 4.43. The minimum absolute atomic E-state index is 0.107. The number of methoxy groups -OCH3 is 3. The van der Waals surface area contributed by atoms with Crippen molar-refractivity contribution in [1.29, 1.82) is 0 Å². The largest absolute Gasteiger partial charge is 0.497 e. The highest BCUT2D eigenvalue weighted by molar-refractivity contribution is 6.13. The number of nitrogens with zero attached hydrogens (tertiary/aromatic N) is 1. The van der Waals surface area contributed by atoms with Crippen molar-refractivity contribution in [2.75, 3.05) is 21.3 Å². The molecule has 0 atom stereocenters. The quantitative estimate of drug-likeness (QED) is 0.392. The van der Waals surface area contributed by atoms with Gasteiger partial charge in [0.15, 0.2) is 17.2 Å². The fourth-order valence-corrected chi connectivity index (χ4v) is 2.72. The molecule has 8 heteroatoms. The Hall–Kier alpha value is -3.81. The zero-order valence-electron chi connectivity index (χ0n) is 17.1. The van der Waals surface area contributed by atoms with Crippen LogP contribution >= 0.6 is 0 Å². The van der Waals surface area contributed by atoms with Gasteiger partial charge in [0.05, 0.1) is 21.3 Å². The van der Waals surface area contributed by atoms with E-state index in [4.69, 9.17) is 23.7 Å². The van der Waals surface area contributed by atoms with Crippen LogP contribution in [0, 0.1) is 0 Å². The molecule has 0 spiro atoms. The molecule has 0 radical (unpaired) electrons. The topological polar surface area (TPSA) is 92.7 Å². The van der Waals surface area contributed by atoms with Gasteiger partial charge in [0.25, 0.3) is 0 Å². The highest BCUT2D eigenvalue weighted by Gasteiger charge is 2.25. The van der Waals surface area contributed by atoms with Crippen molar-refractivity contribution in [3.63, 3.8) is 0 Å². The van der Waals surface area contributed by atoms with Crippen LogP contribution in [0.25, 0.3) is 6.08 Å². The minimum Gasteiger partial charge on any atom is -0.497 e. The minimum atomic E-state index is -0.591. The van der Waals surface area contributed by atoms with E-state index in [2.05, 4.69) is 4.99 Å². The maximum absolute atomic E-state index is 12.3. The number of cyclic esters (lactones) is 1. The maximum Gasteiger partial charge on any atom is 0.363 e. The van der Waals surface area contributed by atoms with Gasteiger partial charge in [-0.15, -0.1) is 0 Å². The molecule has 1 aliphatic rings. The molecule has 0 saturated carbocycles. The first-order valence-electron chi connectivity index (χ1n) is 9.12. The summed E-state index contributed by atoms with van der Waals surface area (Å²) in [5.74, 6) is 0.520. The lowest BCUT2D eigenvalue weighted by Gasteiger charge is -2.13. The first-order chi connectivity index (χ1) is 14.5. The van der Waals surface area contributed by atoms with Gasteiger partial charge in [0.1, 0.15) is 5.75 Å². The summed E-state index contributed by atoms with van der Waals surface area (Å²) in [4.78, 5) is 28.3. The van der Waals surface area contributed by atoms with E-state index in [0.717, 1.165) is 0 Å². The molecule has 156 valence electrons. The van der Waals surface area contributed by atoms with Crippen molar-refractivity contribution < 1.29 is 33.3 Å². The Labute approximate surface area is 173 Å². The van der Waals surface area contributed by atoms with Crippen LogP contribution < -0.4 is 18.9 Å². The Balaban J connectivity index is 1.98. The summed E-state index contributed by atoms with van der Waals surface area (Å²) in [5, 5.41) is 0. The summed E-state index contributed by atoms with van der Waals surface area (Å²) in [6.07, 6.45) is 1.73. The van der Waals surface area contributed by atoms with Gasteiger partial charge in [0.2, 0.25) is 11.6 Å². The second-order valence-corrected chi connectivity index (χ2v) is 6.15. The van der Waals surface area contributed by atoms with E-state index in [1.807, 2.05) is 0 Å². The van der Waals surface area contributed by atoms with Crippen molar-refractivity contribution >= 4 is 23.9 Å². The lowest BCUT2D eigenvalue weighted by molar-refractivity contribution is -0.134. The second-order valence-electron chi connectivity index (χ2n) is 6.15. The Morgan fingerprint density at radius 2 is 1.77 bits per heavy atom. The molecule has 8 nitrogen and oxygen atoms in total. The van der Waals surface area contributed by atoms with Crippen LogP contribution in [0.3, 0.4) is 0 Å². The highest BCUT2D eigenvalue weighted by atomic mass is 16.6. The molecule has 0 N–H and O–H groups in total. The van der Waals surface area contributed by atoms with Gasteiger partial charge in [0, 0.05) is 12.0 Å².